The van der Waals surface area contributed by atoms with Gasteiger partial charge >= 0.3 is 0 Å². The van der Waals surface area contributed by atoms with Crippen molar-refractivity contribution in [3.8, 4) is 67.2 Å². The molecule has 3 heteroatoms. The third kappa shape index (κ3) is 7.52. The lowest BCUT2D eigenvalue weighted by Gasteiger charge is -2.23. The zero-order valence-electron chi connectivity index (χ0n) is 46.5. The van der Waals surface area contributed by atoms with Crippen molar-refractivity contribution in [2.75, 3.05) is 0 Å². The highest BCUT2D eigenvalue weighted by Crippen LogP contribution is 2.53. The summed E-state index contributed by atoms with van der Waals surface area (Å²) in [5, 5.41) is 1.01. The first kappa shape index (κ1) is 48.3. The van der Waals surface area contributed by atoms with Crippen LogP contribution >= 0.6 is 0 Å². The smallest absolute Gasteiger partial charge is 0.160 e. The average Bonchev–Trinajstić information content (AvgIpc) is 3.93. The fourth-order valence-corrected chi connectivity index (χ4v) is 14.8. The fourth-order valence-electron chi connectivity index (χ4n) is 14.8. The SMILES string of the molecule is CC1(C)c2ccccc2-c2ccc(-c3cc(-c4ccc5c(c4)C(C)(C)c4ccccc4-5)c4nc(-c5ccc(C6Cc7ccccc7C6c6ccccc6)cc5)nc(-c5ccc(C6=Nc7ccccc7C6c6ccccc6)cc5)c4c3)cc21. The van der Waals surface area contributed by atoms with Crippen molar-refractivity contribution in [1.82, 2.24) is 9.97 Å². The van der Waals surface area contributed by atoms with Crippen LogP contribution in [0.4, 0.5) is 5.69 Å². The summed E-state index contributed by atoms with van der Waals surface area (Å²) < 4.78 is 0. The van der Waals surface area contributed by atoms with Crippen LogP contribution in [0, 0.1) is 0 Å². The van der Waals surface area contributed by atoms with Crippen molar-refractivity contribution in [3.63, 3.8) is 0 Å². The van der Waals surface area contributed by atoms with E-state index in [1.54, 1.807) is 0 Å². The largest absolute Gasteiger partial charge is 0.252 e. The van der Waals surface area contributed by atoms with E-state index < -0.39 is 0 Å². The monoisotopic (exact) mass is 1050 g/mol. The molecule has 3 unspecified atom stereocenters. The molecule has 3 atom stereocenters. The van der Waals surface area contributed by atoms with Crippen molar-refractivity contribution in [3.05, 3.63) is 316 Å². The van der Waals surface area contributed by atoms with Gasteiger partial charge in [0.2, 0.25) is 0 Å². The summed E-state index contributed by atoms with van der Waals surface area (Å²) in [7, 11) is 0. The second-order valence-corrected chi connectivity index (χ2v) is 24.2. The first-order valence-electron chi connectivity index (χ1n) is 29.1. The summed E-state index contributed by atoms with van der Waals surface area (Å²) in [6.45, 7) is 9.48. The average molecular weight is 1050 g/mol. The van der Waals surface area contributed by atoms with Gasteiger partial charge in [-0.15, -0.1) is 0 Å². The van der Waals surface area contributed by atoms with Gasteiger partial charge in [-0.1, -0.05) is 252 Å². The van der Waals surface area contributed by atoms with Gasteiger partial charge < -0.3 is 0 Å². The van der Waals surface area contributed by atoms with E-state index in [0.29, 0.717) is 11.7 Å². The molecule has 16 rings (SSSR count). The number of hydrogen-bond acceptors (Lipinski definition) is 3. The highest BCUT2D eigenvalue weighted by Gasteiger charge is 2.38. The zero-order valence-corrected chi connectivity index (χ0v) is 46.5. The summed E-state index contributed by atoms with van der Waals surface area (Å²) >= 11 is 0. The summed E-state index contributed by atoms with van der Waals surface area (Å²) in [4.78, 5) is 16.8. The van der Waals surface area contributed by atoms with Crippen LogP contribution in [-0.4, -0.2) is 15.7 Å². The number of rotatable bonds is 8. The highest BCUT2D eigenvalue weighted by atomic mass is 14.9. The van der Waals surface area contributed by atoms with E-state index in [4.69, 9.17) is 15.0 Å². The zero-order chi connectivity index (χ0) is 54.8. The molecule has 82 heavy (non-hydrogen) atoms. The lowest BCUT2D eigenvalue weighted by molar-refractivity contribution is 0.657. The Morgan fingerprint density at radius 1 is 0.366 bits per heavy atom. The summed E-state index contributed by atoms with van der Waals surface area (Å²) in [5.74, 6) is 1.31. The van der Waals surface area contributed by atoms with Crippen molar-refractivity contribution in [2.45, 2.75) is 62.7 Å². The fraction of sp³-hybridized carbons (Fsp3) is 0.127. The number of aromatic nitrogens is 2. The molecule has 2 heterocycles. The Balaban J connectivity index is 0.895. The molecular formula is C79H59N3. The third-order valence-electron chi connectivity index (χ3n) is 18.9. The number of para-hydroxylation sites is 1. The predicted octanol–water partition coefficient (Wildman–Crippen LogP) is 19.6. The Morgan fingerprint density at radius 3 is 1.60 bits per heavy atom. The molecule has 3 nitrogen and oxygen atoms in total. The van der Waals surface area contributed by atoms with E-state index >= 15 is 0 Å². The molecule has 0 spiro atoms. The van der Waals surface area contributed by atoms with Gasteiger partial charge in [0.1, 0.15) is 0 Å². The second-order valence-electron chi connectivity index (χ2n) is 24.2. The molecule has 0 saturated heterocycles. The van der Waals surface area contributed by atoms with E-state index in [-0.39, 0.29) is 22.7 Å². The van der Waals surface area contributed by atoms with E-state index in [0.717, 1.165) is 67.8 Å². The minimum atomic E-state index is -0.185. The van der Waals surface area contributed by atoms with E-state index in [1.807, 2.05) is 0 Å². The lowest BCUT2D eigenvalue weighted by Crippen LogP contribution is -2.15. The van der Waals surface area contributed by atoms with Crippen LogP contribution in [-0.2, 0) is 17.3 Å². The maximum Gasteiger partial charge on any atom is 0.160 e. The van der Waals surface area contributed by atoms with Crippen LogP contribution in [0.1, 0.15) is 107 Å². The molecule has 0 radical (unpaired) electrons. The molecule has 0 fully saturated rings. The van der Waals surface area contributed by atoms with Crippen LogP contribution in [0.2, 0.25) is 0 Å². The Kier molecular flexibility index (Phi) is 10.9. The Labute approximate surface area is 480 Å². The van der Waals surface area contributed by atoms with Gasteiger partial charge in [0.05, 0.1) is 28.5 Å². The van der Waals surface area contributed by atoms with Gasteiger partial charge in [0.15, 0.2) is 5.82 Å². The number of hydrogen-bond donors (Lipinski definition) is 0. The summed E-state index contributed by atoms with van der Waals surface area (Å²) in [6, 6.07) is 94.5. The van der Waals surface area contributed by atoms with Crippen LogP contribution in [0.3, 0.4) is 0 Å². The standard InChI is InChI=1S/C79H59N3/c1-78(2)67-28-16-13-25-59(67)61-41-39-54(46-69(61)78)57-44-65(56-40-42-62-60-26-14-17-29-68(60)79(3,4)70(62)47-56)76-66(45-57)74(51-33-35-52(36-34-51)75-73(50-21-9-6-10-22-50)63-27-15-18-30-71(63)80-75)81-77(82-76)53-37-31-48(32-38-53)64-43-55-23-11-12-24-58(55)72(64)49-19-7-5-8-20-49/h5-42,44-47,64,72-73H,43H2,1-4H3. The number of benzene rings is 11. The number of aliphatic imine (C=N–C) groups is 1. The molecule has 1 aliphatic heterocycles. The normalized spacial score (nSPS) is 17.4. The van der Waals surface area contributed by atoms with Crippen LogP contribution in [0.15, 0.2) is 260 Å². The van der Waals surface area contributed by atoms with Crippen LogP contribution < -0.4 is 0 Å². The summed E-state index contributed by atoms with van der Waals surface area (Å²) in [6.07, 6.45) is 0.995. The molecular weight excluding hydrogens is 991 g/mol. The maximum atomic E-state index is 5.76. The molecule has 12 aromatic rings. The van der Waals surface area contributed by atoms with Crippen molar-refractivity contribution in [2.24, 2.45) is 4.99 Å². The number of nitrogens with zero attached hydrogens (tertiary/aromatic N) is 3. The van der Waals surface area contributed by atoms with Crippen LogP contribution in [0.25, 0.3) is 78.1 Å². The topological polar surface area (TPSA) is 38.1 Å². The quantitative estimate of drug-likeness (QED) is 0.152. The van der Waals surface area contributed by atoms with Crippen molar-refractivity contribution in [1.29, 1.82) is 0 Å². The molecule has 0 saturated carbocycles. The molecule has 0 bridgehead atoms. The predicted molar refractivity (Wildman–Crippen MR) is 339 cm³/mol. The number of fused-ring (bicyclic) bond motifs is 9. The van der Waals surface area contributed by atoms with Gasteiger partial charge in [-0.25, -0.2) is 9.97 Å². The molecule has 11 aromatic carbocycles. The van der Waals surface area contributed by atoms with E-state index in [2.05, 4.69) is 282 Å². The molecule has 3 aliphatic carbocycles. The molecule has 4 aliphatic rings. The minimum absolute atomic E-state index is 0.0272. The first-order chi connectivity index (χ1) is 40.2. The van der Waals surface area contributed by atoms with Gasteiger partial charge in [-0.05, 0) is 143 Å². The van der Waals surface area contributed by atoms with E-state index in [9.17, 15) is 0 Å². The first-order valence-corrected chi connectivity index (χ1v) is 29.1. The highest BCUT2D eigenvalue weighted by molar-refractivity contribution is 6.12. The van der Waals surface area contributed by atoms with Gasteiger partial charge in [0, 0.05) is 38.8 Å². The summed E-state index contributed by atoms with van der Waals surface area (Å²) in [5.41, 5.74) is 29.8. The molecule has 390 valence electrons. The van der Waals surface area contributed by atoms with Crippen molar-refractivity contribution >= 4 is 22.3 Å². The van der Waals surface area contributed by atoms with Gasteiger partial charge in [-0.2, -0.15) is 0 Å². The lowest BCUT2D eigenvalue weighted by atomic mass is 9.81. The Bertz CT molecular complexity index is 4590. The third-order valence-corrected chi connectivity index (χ3v) is 18.9. The molecule has 0 N–H and O–H groups in total. The minimum Gasteiger partial charge on any atom is -0.252 e. The van der Waals surface area contributed by atoms with Gasteiger partial charge in [-0.3, -0.25) is 4.99 Å². The van der Waals surface area contributed by atoms with Crippen LogP contribution in [0.5, 0.6) is 0 Å². The second kappa shape index (κ2) is 18.5. The van der Waals surface area contributed by atoms with Crippen molar-refractivity contribution < 1.29 is 0 Å². The van der Waals surface area contributed by atoms with E-state index in [1.165, 1.54) is 83.5 Å². The Morgan fingerprint density at radius 2 is 0.902 bits per heavy atom. The maximum absolute atomic E-state index is 5.76. The molecule has 1 aromatic heterocycles. The molecule has 0 amide bonds. The van der Waals surface area contributed by atoms with Gasteiger partial charge in [0.25, 0.3) is 0 Å². The Hall–Kier alpha value is -9.57.